The van der Waals surface area contributed by atoms with Crippen molar-refractivity contribution in [1.29, 1.82) is 0 Å². The van der Waals surface area contributed by atoms with Crippen LogP contribution in [0, 0.1) is 29.7 Å². The Hall–Kier alpha value is -1.68. The number of phenols is 1. The molecular formula is C39H51Cl2OSiTi-3. The summed E-state index contributed by atoms with van der Waals surface area (Å²) in [7, 11) is 2.97. The minimum atomic E-state index is 0. The van der Waals surface area contributed by atoms with Crippen molar-refractivity contribution in [2.45, 2.75) is 86.0 Å². The second kappa shape index (κ2) is 17.9. The van der Waals surface area contributed by atoms with Crippen molar-refractivity contribution >= 4 is 55.4 Å². The topological polar surface area (TPSA) is 20.2 Å². The zero-order chi connectivity index (χ0) is 31.9. The van der Waals surface area contributed by atoms with Crippen LogP contribution in [0.3, 0.4) is 0 Å². The molecule has 0 aliphatic heterocycles. The van der Waals surface area contributed by atoms with E-state index in [1.807, 2.05) is 30.3 Å². The quantitative estimate of drug-likeness (QED) is 0.145. The Kier molecular flexibility index (Phi) is 17.2. The van der Waals surface area contributed by atoms with Crippen molar-refractivity contribution in [3.63, 3.8) is 0 Å². The first kappa shape index (κ1) is 42.3. The van der Waals surface area contributed by atoms with Crippen molar-refractivity contribution in [1.82, 2.24) is 0 Å². The van der Waals surface area contributed by atoms with Crippen LogP contribution >= 0.6 is 24.8 Å². The molecule has 4 aromatic carbocycles. The second-order valence-electron chi connectivity index (χ2n) is 12.9. The molecule has 44 heavy (non-hydrogen) atoms. The third-order valence-corrected chi connectivity index (χ3v) is 7.89. The van der Waals surface area contributed by atoms with Gasteiger partial charge in [-0.25, -0.2) is 0 Å². The molecule has 0 atom stereocenters. The second-order valence-corrected chi connectivity index (χ2v) is 12.9. The van der Waals surface area contributed by atoms with Gasteiger partial charge < -0.3 is 19.0 Å². The van der Waals surface area contributed by atoms with Crippen LogP contribution in [0.5, 0.6) is 5.75 Å². The van der Waals surface area contributed by atoms with Gasteiger partial charge in [0.15, 0.2) is 0 Å². The zero-order valence-corrected chi connectivity index (χ0v) is 32.3. The maximum atomic E-state index is 9.13. The summed E-state index contributed by atoms with van der Waals surface area (Å²) in [5.41, 5.74) is 5.20. The molecule has 1 nitrogen and oxygen atoms in total. The van der Waals surface area contributed by atoms with E-state index in [0.29, 0.717) is 11.2 Å². The first-order chi connectivity index (χ1) is 19.8. The van der Waals surface area contributed by atoms with Gasteiger partial charge >= 0.3 is 26.8 Å². The molecule has 0 aromatic heterocycles. The van der Waals surface area contributed by atoms with E-state index in [1.54, 1.807) is 56.3 Å². The Bertz CT molecular complexity index is 1710. The summed E-state index contributed by atoms with van der Waals surface area (Å²) in [5.74, 6) is 0.323. The standard InChI is InChI=1S/C25H31.C10H8O.2C2H5.2ClH.Si.Ti/c1-23(2,3)18-9-8-16-15-25(6,7)22-19-10-11-24(4,5)14-17(19)12-21(22)20(16)13-18;11-10-6-5-8-3-1-2-4-9(8)7-10;2*1-2;;;;/h8-9,12-15H,10-11H2,1-7H3;1-7,11H;2*1H2,2H3;2*1H;;/q-1;;2*-1;;;;. The van der Waals surface area contributed by atoms with Crippen LogP contribution < -0.4 is 10.4 Å². The monoisotopic (exact) mass is 681 g/mol. The predicted molar refractivity (Wildman–Crippen MR) is 196 cm³/mol. The van der Waals surface area contributed by atoms with E-state index in [4.69, 9.17) is 5.11 Å². The van der Waals surface area contributed by atoms with Crippen LogP contribution in [0.4, 0.5) is 0 Å². The number of phenolic OH excluding ortho intramolecular Hbond substituents is 1. The Morgan fingerprint density at radius 1 is 0.818 bits per heavy atom. The van der Waals surface area contributed by atoms with Gasteiger partial charge in [0.2, 0.25) is 0 Å². The van der Waals surface area contributed by atoms with Crippen molar-refractivity contribution in [2.75, 3.05) is 0 Å². The van der Waals surface area contributed by atoms with Crippen molar-refractivity contribution in [3.8, 4) is 5.75 Å². The first-order valence-corrected chi connectivity index (χ1v) is 17.7. The summed E-state index contributed by atoms with van der Waals surface area (Å²) in [4.78, 5) is 0. The van der Waals surface area contributed by atoms with Crippen molar-refractivity contribution in [3.05, 3.63) is 118 Å². The van der Waals surface area contributed by atoms with Gasteiger partial charge in [0.05, 0.1) is 0 Å². The van der Waals surface area contributed by atoms with Crippen LogP contribution in [0.2, 0.25) is 0 Å². The molecular weight excluding hydrogens is 631 g/mol. The third-order valence-electron chi connectivity index (χ3n) is 7.89. The summed E-state index contributed by atoms with van der Waals surface area (Å²) in [6.07, 6.45) is 7.45. The van der Waals surface area contributed by atoms with Crippen LogP contribution in [-0.2, 0) is 36.4 Å². The third kappa shape index (κ3) is 9.91. The molecule has 0 amide bonds. The summed E-state index contributed by atoms with van der Waals surface area (Å²) < 4.78 is 0. The number of hydrogen-bond acceptors (Lipinski definition) is 1. The van der Waals surface area contributed by atoms with E-state index in [2.05, 4.69) is 106 Å². The van der Waals surface area contributed by atoms with Crippen molar-refractivity contribution < 1.29 is 24.3 Å². The summed E-state index contributed by atoms with van der Waals surface area (Å²) in [6, 6.07) is 22.9. The van der Waals surface area contributed by atoms with Gasteiger partial charge in [-0.2, -0.15) is 13.8 Å². The number of benzene rings is 3. The SMILES string of the molecule is CC1(C)C=c2[cH-]c3c(c2CC1)C(C)(C)C=c1ccc(C(C)(C)C)cc1=3.Cl.Cl.Oc1ccc2ccccc2c1.[CH2-]C.[CH2-]C.[Si]=[Ti]. The van der Waals surface area contributed by atoms with Gasteiger partial charge in [0, 0.05) is 0 Å². The van der Waals surface area contributed by atoms with Gasteiger partial charge in [-0.3, -0.25) is 0 Å². The molecule has 2 aliphatic rings. The summed E-state index contributed by atoms with van der Waals surface area (Å²) in [6.45, 7) is 26.4. The molecule has 0 unspecified atom stereocenters. The molecule has 0 bridgehead atoms. The minimum absolute atomic E-state index is 0. The molecule has 1 N–H and O–H groups in total. The van der Waals surface area contributed by atoms with E-state index in [-0.39, 0.29) is 35.6 Å². The average Bonchev–Trinajstić information content (AvgIpc) is 3.35. The van der Waals surface area contributed by atoms with Gasteiger partial charge in [0.25, 0.3) is 0 Å². The Labute approximate surface area is 293 Å². The first-order valence-electron chi connectivity index (χ1n) is 14.9. The van der Waals surface area contributed by atoms with Crippen LogP contribution in [0.25, 0.3) is 22.9 Å². The van der Waals surface area contributed by atoms with Gasteiger partial charge in [-0.05, 0) is 44.7 Å². The molecule has 6 rings (SSSR count). The number of hydrogen-bond donors (Lipinski definition) is 1. The Morgan fingerprint density at radius 2 is 1.41 bits per heavy atom. The normalized spacial score (nSPS) is 14.2. The molecule has 4 aromatic rings. The molecule has 2 aliphatic carbocycles. The molecule has 238 valence electrons. The number of aromatic hydroxyl groups is 1. The van der Waals surface area contributed by atoms with Crippen LogP contribution in [-0.4, -0.2) is 12.7 Å². The van der Waals surface area contributed by atoms with E-state index in [0.717, 1.165) is 10.8 Å². The van der Waals surface area contributed by atoms with E-state index in [9.17, 15) is 0 Å². The number of rotatable bonds is 0. The van der Waals surface area contributed by atoms with Crippen LogP contribution in [0.1, 0.15) is 85.4 Å². The van der Waals surface area contributed by atoms with Gasteiger partial charge in [-0.1, -0.05) is 126 Å². The zero-order valence-electron chi connectivity index (χ0n) is 28.1. The Balaban J connectivity index is 0.000000821. The molecule has 0 fully saturated rings. The Morgan fingerprint density at radius 3 is 2.00 bits per heavy atom. The van der Waals surface area contributed by atoms with E-state index >= 15 is 0 Å². The molecule has 2 radical (unpaired) electrons. The summed E-state index contributed by atoms with van der Waals surface area (Å²) >= 11 is 1.81. The van der Waals surface area contributed by atoms with Gasteiger partial charge in [0.1, 0.15) is 5.75 Å². The molecule has 5 heteroatoms. The molecule has 0 saturated carbocycles. The van der Waals surface area contributed by atoms with Gasteiger partial charge in [-0.15, -0.1) is 58.5 Å². The molecule has 0 spiro atoms. The van der Waals surface area contributed by atoms with E-state index in [1.165, 1.54) is 39.3 Å². The molecule has 0 heterocycles. The maximum absolute atomic E-state index is 9.13. The fourth-order valence-electron chi connectivity index (χ4n) is 5.93. The van der Waals surface area contributed by atoms with Crippen molar-refractivity contribution in [2.24, 2.45) is 5.41 Å². The van der Waals surface area contributed by atoms with E-state index < -0.39 is 0 Å². The fraction of sp³-hybridized carbons (Fsp3) is 0.359. The fourth-order valence-corrected chi connectivity index (χ4v) is 5.93. The van der Waals surface area contributed by atoms with Crippen LogP contribution in [0.15, 0.2) is 66.7 Å². The average molecular weight is 683 g/mol. The number of halogens is 2. The summed E-state index contributed by atoms with van der Waals surface area (Å²) in [5, 5.41) is 17.2. The number of fused-ring (bicyclic) bond motifs is 5. The predicted octanol–water partition coefficient (Wildman–Crippen LogP) is 9.50. The molecule has 0 saturated heterocycles.